The van der Waals surface area contributed by atoms with Gasteiger partial charge < -0.3 is 14.2 Å². The van der Waals surface area contributed by atoms with Gasteiger partial charge in [-0.3, -0.25) is 14.4 Å². The Morgan fingerprint density at radius 3 is 1.33 bits per heavy atom. The van der Waals surface area contributed by atoms with Crippen molar-refractivity contribution in [2.75, 3.05) is 13.2 Å². The smallest absolute Gasteiger partial charge is 0.306 e. The Kier molecular flexibility index (Phi) is 31.8. The van der Waals surface area contributed by atoms with E-state index in [4.69, 9.17) is 14.2 Å². The number of carbonyl (C=O) groups is 3. The normalized spacial score (nSPS) is 12.7. The highest BCUT2D eigenvalue weighted by atomic mass is 16.6. The van der Waals surface area contributed by atoms with E-state index in [1.54, 1.807) is 0 Å². The van der Waals surface area contributed by atoms with Gasteiger partial charge in [-0.1, -0.05) is 133 Å². The molecule has 256 valence electrons. The lowest BCUT2D eigenvalue weighted by molar-refractivity contribution is -0.167. The highest BCUT2D eigenvalue weighted by molar-refractivity contribution is 5.71. The van der Waals surface area contributed by atoms with Gasteiger partial charge in [0.1, 0.15) is 13.2 Å². The molecule has 0 aromatic heterocycles. The molecule has 0 radical (unpaired) electrons. The minimum absolute atomic E-state index is 0.0946. The third kappa shape index (κ3) is 32.3. The van der Waals surface area contributed by atoms with Crippen LogP contribution in [-0.4, -0.2) is 37.2 Å². The lowest BCUT2D eigenvalue weighted by atomic mass is 10.1. The standard InChI is InChI=1S/C39H64O6/c1-4-7-10-13-14-15-16-17-18-19-20-21-22-23-24-27-29-32-38(41)44-35-36(45-39(42)33-30-26-12-9-6-3)34-43-37(40)31-28-25-11-8-5-2/h7,10,14-15,17-18,20-21,23-24,36H,4-6,8-9,11-13,16,19,22,25-35H2,1-3H3/b10-7-,15-14-,18-17-,21-20-,24-23-/t36-/m1/s1. The molecular weight excluding hydrogens is 564 g/mol. The quantitative estimate of drug-likeness (QED) is 0.0341. The average Bonchev–Trinajstić information content (AvgIpc) is 3.03. The maximum absolute atomic E-state index is 12.4. The number of rotatable bonds is 30. The molecule has 0 spiro atoms. The van der Waals surface area contributed by atoms with Gasteiger partial charge in [0.2, 0.25) is 0 Å². The van der Waals surface area contributed by atoms with Crippen LogP contribution in [0.5, 0.6) is 0 Å². The fourth-order valence-corrected chi connectivity index (χ4v) is 4.36. The molecule has 0 aliphatic heterocycles. The molecule has 0 N–H and O–H groups in total. The number of carbonyl (C=O) groups excluding carboxylic acids is 3. The summed E-state index contributed by atoms with van der Waals surface area (Å²) in [5.41, 5.74) is 0. The SMILES string of the molecule is CC/C=C\C/C=C\C/C=C\C/C=C\C/C=C\CCCC(=O)OC[C@@H](COC(=O)CCCCCCC)OC(=O)CCCCCCC. The van der Waals surface area contributed by atoms with Crippen LogP contribution in [0.4, 0.5) is 0 Å². The molecule has 0 rings (SSSR count). The van der Waals surface area contributed by atoms with Gasteiger partial charge in [0.15, 0.2) is 6.10 Å². The van der Waals surface area contributed by atoms with E-state index >= 15 is 0 Å². The monoisotopic (exact) mass is 628 g/mol. The maximum atomic E-state index is 12.4. The van der Waals surface area contributed by atoms with Crippen molar-refractivity contribution in [2.45, 2.75) is 155 Å². The van der Waals surface area contributed by atoms with E-state index in [2.05, 4.69) is 81.5 Å². The minimum atomic E-state index is -0.785. The lowest BCUT2D eigenvalue weighted by Gasteiger charge is -2.18. The molecule has 0 aliphatic carbocycles. The van der Waals surface area contributed by atoms with E-state index in [1.165, 1.54) is 6.42 Å². The first-order valence-corrected chi connectivity index (χ1v) is 17.8. The van der Waals surface area contributed by atoms with E-state index in [9.17, 15) is 14.4 Å². The first-order valence-electron chi connectivity index (χ1n) is 17.8. The topological polar surface area (TPSA) is 78.9 Å². The van der Waals surface area contributed by atoms with Crippen LogP contribution in [0, 0.1) is 0 Å². The summed E-state index contributed by atoms with van der Waals surface area (Å²) >= 11 is 0. The minimum Gasteiger partial charge on any atom is -0.462 e. The van der Waals surface area contributed by atoms with Crippen LogP contribution in [0.2, 0.25) is 0 Å². The summed E-state index contributed by atoms with van der Waals surface area (Å²) in [6.07, 6.45) is 38.4. The average molecular weight is 629 g/mol. The van der Waals surface area contributed by atoms with E-state index in [1.807, 2.05) is 0 Å². The molecule has 0 heterocycles. The van der Waals surface area contributed by atoms with E-state index in [-0.39, 0.29) is 37.5 Å². The Balaban J connectivity index is 4.30. The molecule has 1 atom stereocenters. The Labute approximate surface area is 275 Å². The predicted molar refractivity (Wildman–Crippen MR) is 187 cm³/mol. The largest absolute Gasteiger partial charge is 0.462 e. The number of hydrogen-bond donors (Lipinski definition) is 0. The molecule has 0 aromatic carbocycles. The van der Waals surface area contributed by atoms with Crippen molar-refractivity contribution in [3.05, 3.63) is 60.8 Å². The van der Waals surface area contributed by atoms with Gasteiger partial charge in [-0.05, 0) is 57.8 Å². The highest BCUT2D eigenvalue weighted by Crippen LogP contribution is 2.10. The van der Waals surface area contributed by atoms with E-state index in [0.29, 0.717) is 19.3 Å². The van der Waals surface area contributed by atoms with Gasteiger partial charge in [-0.25, -0.2) is 0 Å². The zero-order chi connectivity index (χ0) is 33.1. The molecule has 0 unspecified atom stereocenters. The van der Waals surface area contributed by atoms with Crippen molar-refractivity contribution in [2.24, 2.45) is 0 Å². The summed E-state index contributed by atoms with van der Waals surface area (Å²) in [5.74, 6) is -0.998. The lowest BCUT2D eigenvalue weighted by Crippen LogP contribution is -2.30. The second kappa shape index (κ2) is 34.0. The van der Waals surface area contributed by atoms with Crippen LogP contribution < -0.4 is 0 Å². The first kappa shape index (κ1) is 42.1. The maximum Gasteiger partial charge on any atom is 0.306 e. The van der Waals surface area contributed by atoms with Crippen molar-refractivity contribution in [3.8, 4) is 0 Å². The Bertz CT molecular complexity index is 867. The van der Waals surface area contributed by atoms with Crippen molar-refractivity contribution in [1.29, 1.82) is 0 Å². The molecule has 0 fully saturated rings. The van der Waals surface area contributed by atoms with Gasteiger partial charge in [0, 0.05) is 19.3 Å². The van der Waals surface area contributed by atoms with Crippen LogP contribution in [-0.2, 0) is 28.6 Å². The number of unbranched alkanes of at least 4 members (excludes halogenated alkanes) is 9. The predicted octanol–water partition coefficient (Wildman–Crippen LogP) is 10.6. The van der Waals surface area contributed by atoms with Crippen LogP contribution in [0.15, 0.2) is 60.8 Å². The Morgan fingerprint density at radius 2 is 0.867 bits per heavy atom. The second-order valence-corrected chi connectivity index (χ2v) is 11.4. The highest BCUT2D eigenvalue weighted by Gasteiger charge is 2.19. The van der Waals surface area contributed by atoms with Crippen LogP contribution in [0.3, 0.4) is 0 Å². The van der Waals surface area contributed by atoms with Crippen molar-refractivity contribution < 1.29 is 28.6 Å². The molecule has 0 amide bonds. The third-order valence-electron chi connectivity index (χ3n) is 7.04. The van der Waals surface area contributed by atoms with Crippen molar-refractivity contribution in [1.82, 2.24) is 0 Å². The van der Waals surface area contributed by atoms with Gasteiger partial charge in [0.05, 0.1) is 0 Å². The number of esters is 3. The summed E-state index contributed by atoms with van der Waals surface area (Å²) in [4.78, 5) is 36.9. The van der Waals surface area contributed by atoms with Crippen molar-refractivity contribution >= 4 is 17.9 Å². The molecule has 0 bridgehead atoms. The fraction of sp³-hybridized carbons (Fsp3) is 0.667. The molecule has 0 aliphatic rings. The third-order valence-corrected chi connectivity index (χ3v) is 7.04. The summed E-state index contributed by atoms with van der Waals surface area (Å²) < 4.78 is 16.3. The van der Waals surface area contributed by atoms with Gasteiger partial charge in [-0.15, -0.1) is 0 Å². The molecule has 6 nitrogen and oxygen atoms in total. The molecule has 0 saturated carbocycles. The summed E-state index contributed by atoms with van der Waals surface area (Å²) in [7, 11) is 0. The second-order valence-electron chi connectivity index (χ2n) is 11.4. The van der Waals surface area contributed by atoms with E-state index in [0.717, 1.165) is 96.3 Å². The summed E-state index contributed by atoms with van der Waals surface area (Å²) in [5, 5.41) is 0. The van der Waals surface area contributed by atoms with Crippen LogP contribution >= 0.6 is 0 Å². The number of ether oxygens (including phenoxy) is 3. The van der Waals surface area contributed by atoms with Crippen molar-refractivity contribution in [3.63, 3.8) is 0 Å². The molecule has 0 aromatic rings. The van der Waals surface area contributed by atoms with Gasteiger partial charge >= 0.3 is 17.9 Å². The zero-order valence-corrected chi connectivity index (χ0v) is 28.9. The fourth-order valence-electron chi connectivity index (χ4n) is 4.36. The van der Waals surface area contributed by atoms with Crippen LogP contribution in [0.1, 0.15) is 149 Å². The number of allylic oxidation sites excluding steroid dienone is 10. The van der Waals surface area contributed by atoms with Gasteiger partial charge in [-0.2, -0.15) is 0 Å². The summed E-state index contributed by atoms with van der Waals surface area (Å²) in [6, 6.07) is 0. The molecule has 45 heavy (non-hydrogen) atoms. The Hall–Kier alpha value is -2.89. The number of hydrogen-bond acceptors (Lipinski definition) is 6. The molecular formula is C39H64O6. The van der Waals surface area contributed by atoms with Crippen LogP contribution in [0.25, 0.3) is 0 Å². The summed E-state index contributed by atoms with van der Waals surface area (Å²) in [6.45, 7) is 6.25. The molecule has 0 saturated heterocycles. The Morgan fingerprint density at radius 1 is 0.467 bits per heavy atom. The van der Waals surface area contributed by atoms with Gasteiger partial charge in [0.25, 0.3) is 0 Å². The van der Waals surface area contributed by atoms with E-state index < -0.39 is 6.10 Å². The zero-order valence-electron chi connectivity index (χ0n) is 28.9. The molecule has 6 heteroatoms. The first-order chi connectivity index (χ1) is 22.0.